The summed E-state index contributed by atoms with van der Waals surface area (Å²) in [4.78, 5) is 33.1. The first kappa shape index (κ1) is 30.0. The minimum absolute atomic E-state index is 0.0595. The Kier molecular flexibility index (Phi) is 9.67. The van der Waals surface area contributed by atoms with Gasteiger partial charge in [-0.3, -0.25) is 9.59 Å². The third-order valence-corrected chi connectivity index (χ3v) is 6.25. The molecule has 0 unspecified atom stereocenters. The fraction of sp³-hybridized carbons (Fsp3) is 0.462. The molecule has 0 spiro atoms. The van der Waals surface area contributed by atoms with Crippen molar-refractivity contribution in [3.8, 4) is 11.3 Å². The van der Waals surface area contributed by atoms with Crippen molar-refractivity contribution < 1.29 is 32.2 Å². The van der Waals surface area contributed by atoms with Gasteiger partial charge in [0.05, 0.1) is 23.7 Å². The summed E-state index contributed by atoms with van der Waals surface area (Å²) < 4.78 is 44.0. The second-order valence-electron chi connectivity index (χ2n) is 10.00. The normalized spacial score (nSPS) is 13.1. The molecule has 0 aliphatic heterocycles. The van der Waals surface area contributed by atoms with Crippen molar-refractivity contribution in [3.05, 3.63) is 47.4 Å². The first-order chi connectivity index (χ1) is 17.0. The molecule has 0 radical (unpaired) electrons. The molecule has 1 aromatic carbocycles. The summed E-state index contributed by atoms with van der Waals surface area (Å²) in [5.74, 6) is -1.86. The molecule has 1 atom stereocenters. The Hall–Kier alpha value is -3.18. The maximum atomic E-state index is 13.6. The van der Waals surface area contributed by atoms with Crippen molar-refractivity contribution in [3.63, 3.8) is 0 Å². The van der Waals surface area contributed by atoms with Crippen molar-refractivity contribution in [1.82, 2.24) is 9.97 Å². The van der Waals surface area contributed by atoms with Crippen LogP contribution in [-0.2, 0) is 24.3 Å². The molecular formula is C26H34FN3O6S. The highest BCUT2D eigenvalue weighted by Gasteiger charge is 2.23. The van der Waals surface area contributed by atoms with E-state index in [-0.39, 0.29) is 18.3 Å². The molecule has 11 heteroatoms. The van der Waals surface area contributed by atoms with Gasteiger partial charge in [-0.25, -0.2) is 27.1 Å². The Morgan fingerprint density at radius 3 is 2.27 bits per heavy atom. The smallest absolute Gasteiger partial charge is 0.313 e. The lowest BCUT2D eigenvalue weighted by molar-refractivity contribution is -0.156. The number of esters is 1. The van der Waals surface area contributed by atoms with E-state index in [1.54, 1.807) is 26.8 Å². The van der Waals surface area contributed by atoms with E-state index in [4.69, 9.17) is 4.74 Å². The molecule has 37 heavy (non-hydrogen) atoms. The number of carbonyl (C=O) groups excluding carboxylic acids is 2. The number of carbonyl (C=O) groups is 2. The number of ketones is 1. The minimum Gasteiger partial charge on any atom is -0.460 e. The number of aromatic nitrogens is 2. The standard InChI is InChI=1S/C26H34FN3O6S/c1-16(2)23-21(13-12-19(31)14-20(32)15-22(33)36-26(3,4)5)24(17-8-10-18(27)11-9-17)29-25(28-23)30(6)37(7,34)35/h8-13,16,19,31H,14-15H2,1-7H3/b13-12+/t19-/m1/s1. The molecule has 0 saturated carbocycles. The van der Waals surface area contributed by atoms with Gasteiger partial charge in [0.15, 0.2) is 0 Å². The summed E-state index contributed by atoms with van der Waals surface area (Å²) in [6.07, 6.45) is 1.97. The van der Waals surface area contributed by atoms with Crippen molar-refractivity contribution in [2.45, 2.75) is 65.1 Å². The molecule has 0 aliphatic rings. The number of rotatable bonds is 10. The van der Waals surface area contributed by atoms with E-state index >= 15 is 0 Å². The highest BCUT2D eigenvalue weighted by Crippen LogP contribution is 2.31. The largest absolute Gasteiger partial charge is 0.460 e. The van der Waals surface area contributed by atoms with E-state index < -0.39 is 45.7 Å². The van der Waals surface area contributed by atoms with E-state index in [2.05, 4.69) is 9.97 Å². The van der Waals surface area contributed by atoms with Crippen LogP contribution in [0.2, 0.25) is 0 Å². The topological polar surface area (TPSA) is 127 Å². The lowest BCUT2D eigenvalue weighted by atomic mass is 9.97. The highest BCUT2D eigenvalue weighted by molar-refractivity contribution is 7.92. The maximum Gasteiger partial charge on any atom is 0.313 e. The van der Waals surface area contributed by atoms with Crippen LogP contribution in [0.15, 0.2) is 30.3 Å². The van der Waals surface area contributed by atoms with Crippen molar-refractivity contribution in [2.24, 2.45) is 0 Å². The zero-order valence-corrected chi connectivity index (χ0v) is 23.0. The van der Waals surface area contributed by atoms with Crippen LogP contribution < -0.4 is 4.31 Å². The second-order valence-corrected chi connectivity index (χ2v) is 12.0. The molecule has 1 aromatic heterocycles. The fourth-order valence-electron chi connectivity index (χ4n) is 3.32. The third kappa shape index (κ3) is 9.01. The quantitative estimate of drug-likeness (QED) is 0.359. The molecule has 2 aromatic rings. The number of hydrogen-bond donors (Lipinski definition) is 1. The molecule has 0 aliphatic carbocycles. The van der Waals surface area contributed by atoms with Crippen LogP contribution in [0.1, 0.15) is 64.6 Å². The summed E-state index contributed by atoms with van der Waals surface area (Å²) in [6, 6.07) is 5.52. The van der Waals surface area contributed by atoms with Crippen LogP contribution in [-0.4, -0.2) is 60.3 Å². The van der Waals surface area contributed by atoms with Crippen molar-refractivity contribution >= 4 is 33.8 Å². The van der Waals surface area contributed by atoms with E-state index in [9.17, 15) is 27.5 Å². The Morgan fingerprint density at radius 2 is 1.76 bits per heavy atom. The first-order valence-electron chi connectivity index (χ1n) is 11.7. The predicted octanol–water partition coefficient (Wildman–Crippen LogP) is 3.87. The van der Waals surface area contributed by atoms with Crippen molar-refractivity contribution in [2.75, 3.05) is 17.6 Å². The average Bonchev–Trinajstić information content (AvgIpc) is 2.75. The van der Waals surface area contributed by atoms with Gasteiger partial charge in [-0.05, 0) is 51.0 Å². The summed E-state index contributed by atoms with van der Waals surface area (Å²) in [5.41, 5.74) is 1.07. The number of nitrogens with zero attached hydrogens (tertiary/aromatic N) is 3. The van der Waals surface area contributed by atoms with E-state index in [1.807, 2.05) is 13.8 Å². The molecule has 2 rings (SSSR count). The number of halogens is 1. The van der Waals surface area contributed by atoms with Gasteiger partial charge in [-0.1, -0.05) is 26.0 Å². The maximum absolute atomic E-state index is 13.6. The number of Topliss-reactive ketones (excluding diaryl/α,β-unsaturated/α-hetero) is 1. The molecule has 0 bridgehead atoms. The van der Waals surface area contributed by atoms with Crippen LogP contribution >= 0.6 is 0 Å². The van der Waals surface area contributed by atoms with Crippen molar-refractivity contribution in [1.29, 1.82) is 0 Å². The Labute approximate surface area is 217 Å². The minimum atomic E-state index is -3.66. The zero-order valence-electron chi connectivity index (χ0n) is 22.1. The Balaban J connectivity index is 2.46. The van der Waals surface area contributed by atoms with Gasteiger partial charge in [0.1, 0.15) is 23.6 Å². The van der Waals surface area contributed by atoms with Crippen LogP contribution in [0.5, 0.6) is 0 Å². The van der Waals surface area contributed by atoms with E-state index in [1.165, 1.54) is 37.4 Å². The lowest BCUT2D eigenvalue weighted by Gasteiger charge is -2.20. The number of sulfonamides is 1. The molecule has 202 valence electrons. The van der Waals surface area contributed by atoms with Gasteiger partial charge in [-0.15, -0.1) is 0 Å². The van der Waals surface area contributed by atoms with E-state index in [0.29, 0.717) is 22.5 Å². The first-order valence-corrected chi connectivity index (χ1v) is 13.5. The molecule has 1 heterocycles. The molecule has 1 N–H and O–H groups in total. The summed E-state index contributed by atoms with van der Waals surface area (Å²) >= 11 is 0. The molecule has 9 nitrogen and oxygen atoms in total. The van der Waals surface area contributed by atoms with Gasteiger partial charge >= 0.3 is 5.97 Å². The third-order valence-electron chi connectivity index (χ3n) is 5.09. The second kappa shape index (κ2) is 11.9. The Morgan fingerprint density at radius 1 is 1.16 bits per heavy atom. The number of anilines is 1. The predicted molar refractivity (Wildman–Crippen MR) is 140 cm³/mol. The van der Waals surface area contributed by atoms with E-state index in [0.717, 1.165) is 10.6 Å². The Bertz CT molecular complexity index is 1270. The van der Waals surface area contributed by atoms with Gasteiger partial charge in [0.2, 0.25) is 16.0 Å². The number of hydrogen-bond acceptors (Lipinski definition) is 8. The number of ether oxygens (including phenoxy) is 1. The molecular weight excluding hydrogens is 501 g/mol. The fourth-order valence-corrected chi connectivity index (χ4v) is 3.69. The van der Waals surface area contributed by atoms with Gasteiger partial charge in [0.25, 0.3) is 0 Å². The van der Waals surface area contributed by atoms with Crippen LogP contribution in [0.25, 0.3) is 17.3 Å². The number of aliphatic hydroxyl groups excluding tert-OH is 1. The van der Waals surface area contributed by atoms with Gasteiger partial charge in [0, 0.05) is 24.6 Å². The lowest BCUT2D eigenvalue weighted by Crippen LogP contribution is -2.27. The van der Waals surface area contributed by atoms with Crippen LogP contribution in [0.3, 0.4) is 0 Å². The molecule has 0 fully saturated rings. The zero-order chi connectivity index (χ0) is 28.1. The summed E-state index contributed by atoms with van der Waals surface area (Å²) in [7, 11) is -2.33. The summed E-state index contributed by atoms with van der Waals surface area (Å²) in [5, 5.41) is 10.5. The van der Waals surface area contributed by atoms with Gasteiger partial charge in [-0.2, -0.15) is 0 Å². The van der Waals surface area contributed by atoms with Crippen LogP contribution in [0, 0.1) is 5.82 Å². The summed E-state index contributed by atoms with van der Waals surface area (Å²) in [6.45, 7) is 8.80. The number of benzene rings is 1. The molecule has 0 amide bonds. The monoisotopic (exact) mass is 535 g/mol. The van der Waals surface area contributed by atoms with Crippen LogP contribution in [0.4, 0.5) is 10.3 Å². The molecule has 0 saturated heterocycles. The SMILES string of the molecule is CC(C)c1nc(N(C)S(C)(=O)=O)nc(-c2ccc(F)cc2)c1/C=C/[C@@H](O)CC(=O)CC(=O)OC(C)(C)C. The number of aliphatic hydroxyl groups is 1. The van der Waals surface area contributed by atoms with Gasteiger partial charge < -0.3 is 9.84 Å². The average molecular weight is 536 g/mol. The highest BCUT2D eigenvalue weighted by atomic mass is 32.2.